The van der Waals surface area contributed by atoms with Crippen LogP contribution in [-0.4, -0.2) is 47.4 Å². The molecule has 2 fully saturated rings. The number of hydrogen-bond acceptors (Lipinski definition) is 6. The van der Waals surface area contributed by atoms with Crippen molar-refractivity contribution < 1.29 is 18.7 Å². The Bertz CT molecular complexity index is 1080. The van der Waals surface area contributed by atoms with Gasteiger partial charge in [0.2, 0.25) is 5.91 Å². The number of imide groups is 1. The molecule has 2 aromatic carbocycles. The lowest BCUT2D eigenvalue weighted by atomic mass is 9.95. The maximum Gasteiger partial charge on any atom is 0.251 e. The van der Waals surface area contributed by atoms with Crippen LogP contribution in [0.3, 0.4) is 0 Å². The summed E-state index contributed by atoms with van der Waals surface area (Å²) in [5.41, 5.74) is 2.29. The van der Waals surface area contributed by atoms with E-state index >= 15 is 0 Å². The second-order valence-electron chi connectivity index (χ2n) is 8.46. The van der Waals surface area contributed by atoms with Crippen molar-refractivity contribution in [2.45, 2.75) is 44.6 Å². The molecule has 0 radical (unpaired) electrons. The number of carbonyl (C=O) groups excluding carboxylic acids is 2. The van der Waals surface area contributed by atoms with E-state index in [1.807, 2.05) is 43.3 Å². The summed E-state index contributed by atoms with van der Waals surface area (Å²) < 4.78 is 11.5. The van der Waals surface area contributed by atoms with E-state index in [2.05, 4.69) is 9.88 Å². The number of amides is 2. The molecule has 0 unspecified atom stereocenters. The van der Waals surface area contributed by atoms with Crippen LogP contribution in [0.5, 0.6) is 5.75 Å². The second-order valence-corrected chi connectivity index (χ2v) is 8.46. The second kappa shape index (κ2) is 8.74. The van der Waals surface area contributed by atoms with Gasteiger partial charge in [-0.2, -0.15) is 0 Å². The van der Waals surface area contributed by atoms with E-state index in [0.29, 0.717) is 12.3 Å². The first-order valence-electron chi connectivity index (χ1n) is 11.3. The van der Waals surface area contributed by atoms with E-state index in [1.165, 1.54) is 4.90 Å². The average Bonchev–Trinajstić information content (AvgIpc) is 3.39. The first kappa shape index (κ1) is 20.7. The molecule has 0 spiro atoms. The molecular weight excluding hydrogens is 406 g/mol. The number of aromatic nitrogens is 1. The third-order valence-corrected chi connectivity index (χ3v) is 6.32. The number of oxazole rings is 1. The molecule has 2 aliphatic rings. The Morgan fingerprint density at radius 1 is 1.06 bits per heavy atom. The minimum atomic E-state index is -0.400. The molecule has 3 heterocycles. The van der Waals surface area contributed by atoms with Crippen molar-refractivity contribution in [2.24, 2.45) is 0 Å². The monoisotopic (exact) mass is 433 g/mol. The number of carbonyl (C=O) groups is 2. The fraction of sp³-hybridized carbons (Fsp3) is 0.400. The molecule has 2 aliphatic heterocycles. The number of likely N-dealkylation sites (tertiary alicyclic amines) is 1. The lowest BCUT2D eigenvalue weighted by molar-refractivity contribution is -0.123. The zero-order valence-electron chi connectivity index (χ0n) is 18.2. The van der Waals surface area contributed by atoms with Gasteiger partial charge in [0.1, 0.15) is 11.3 Å². The Hall–Kier alpha value is -3.19. The first-order valence-corrected chi connectivity index (χ1v) is 11.3. The number of hydrogen-bond donors (Lipinski definition) is 0. The van der Waals surface area contributed by atoms with Crippen molar-refractivity contribution in [1.29, 1.82) is 0 Å². The number of fused-ring (bicyclic) bond motifs is 1. The zero-order chi connectivity index (χ0) is 22.1. The molecule has 7 heteroatoms. The van der Waals surface area contributed by atoms with Gasteiger partial charge in [-0.25, -0.2) is 9.88 Å². The van der Waals surface area contributed by atoms with Crippen LogP contribution < -0.4 is 9.64 Å². The molecule has 5 rings (SSSR count). The molecule has 166 valence electrons. The summed E-state index contributed by atoms with van der Waals surface area (Å²) in [4.78, 5) is 33.9. The lowest BCUT2D eigenvalue weighted by Gasteiger charge is -2.33. The van der Waals surface area contributed by atoms with Gasteiger partial charge >= 0.3 is 0 Å². The van der Waals surface area contributed by atoms with Gasteiger partial charge in [-0.3, -0.25) is 14.5 Å². The SMILES string of the molecule is CCCOc1ccc(N2C(=O)C[C@H](N3CCC(c4nc5ccccc5o4)CC3)C2=O)cc1. The minimum Gasteiger partial charge on any atom is -0.494 e. The number of benzene rings is 2. The summed E-state index contributed by atoms with van der Waals surface area (Å²) in [7, 11) is 0. The molecule has 32 heavy (non-hydrogen) atoms. The highest BCUT2D eigenvalue weighted by Crippen LogP contribution is 2.33. The summed E-state index contributed by atoms with van der Waals surface area (Å²) >= 11 is 0. The fourth-order valence-corrected chi connectivity index (χ4v) is 4.61. The van der Waals surface area contributed by atoms with Crippen molar-refractivity contribution >= 4 is 28.6 Å². The number of anilines is 1. The van der Waals surface area contributed by atoms with E-state index in [0.717, 1.165) is 55.1 Å². The van der Waals surface area contributed by atoms with Crippen LogP contribution in [0.2, 0.25) is 0 Å². The van der Waals surface area contributed by atoms with Crippen LogP contribution in [0.15, 0.2) is 52.9 Å². The van der Waals surface area contributed by atoms with Crippen molar-refractivity contribution in [3.8, 4) is 5.75 Å². The van der Waals surface area contributed by atoms with Gasteiger partial charge in [0, 0.05) is 5.92 Å². The molecule has 1 atom stereocenters. The predicted octanol–water partition coefficient (Wildman–Crippen LogP) is 4.13. The maximum absolute atomic E-state index is 13.1. The Morgan fingerprint density at radius 2 is 1.81 bits per heavy atom. The smallest absolute Gasteiger partial charge is 0.251 e. The lowest BCUT2D eigenvalue weighted by Crippen LogP contribution is -2.45. The van der Waals surface area contributed by atoms with Gasteiger partial charge in [-0.05, 0) is 68.8 Å². The summed E-state index contributed by atoms with van der Waals surface area (Å²) in [5.74, 6) is 1.46. The molecule has 2 saturated heterocycles. The van der Waals surface area contributed by atoms with E-state index in [-0.39, 0.29) is 24.2 Å². The molecule has 0 aliphatic carbocycles. The number of ether oxygens (including phenoxy) is 1. The molecular formula is C25H27N3O4. The minimum absolute atomic E-state index is 0.141. The van der Waals surface area contributed by atoms with Crippen molar-refractivity contribution in [2.75, 3.05) is 24.6 Å². The van der Waals surface area contributed by atoms with E-state index in [4.69, 9.17) is 9.15 Å². The predicted molar refractivity (Wildman–Crippen MR) is 121 cm³/mol. The van der Waals surface area contributed by atoms with E-state index < -0.39 is 6.04 Å². The highest BCUT2D eigenvalue weighted by Gasteiger charge is 2.43. The first-order chi connectivity index (χ1) is 15.6. The van der Waals surface area contributed by atoms with Crippen LogP contribution in [-0.2, 0) is 9.59 Å². The van der Waals surface area contributed by atoms with Crippen LogP contribution >= 0.6 is 0 Å². The third-order valence-electron chi connectivity index (χ3n) is 6.32. The molecule has 2 amide bonds. The van der Waals surface area contributed by atoms with Crippen molar-refractivity contribution in [1.82, 2.24) is 9.88 Å². The Kier molecular flexibility index (Phi) is 5.66. The van der Waals surface area contributed by atoms with E-state index in [9.17, 15) is 9.59 Å². The highest BCUT2D eigenvalue weighted by molar-refractivity contribution is 6.22. The number of nitrogens with zero attached hydrogens (tertiary/aromatic N) is 3. The number of para-hydroxylation sites is 2. The van der Waals surface area contributed by atoms with Gasteiger partial charge in [-0.1, -0.05) is 19.1 Å². The Morgan fingerprint density at radius 3 is 2.53 bits per heavy atom. The maximum atomic E-state index is 13.1. The highest BCUT2D eigenvalue weighted by atomic mass is 16.5. The summed E-state index contributed by atoms with van der Waals surface area (Å²) in [6.45, 7) is 4.17. The molecule has 0 N–H and O–H groups in total. The van der Waals surface area contributed by atoms with Gasteiger partial charge < -0.3 is 9.15 Å². The van der Waals surface area contributed by atoms with Gasteiger partial charge in [0.05, 0.1) is 24.8 Å². The summed E-state index contributed by atoms with van der Waals surface area (Å²) in [6, 6.07) is 14.6. The molecule has 1 aromatic heterocycles. The largest absolute Gasteiger partial charge is 0.494 e. The van der Waals surface area contributed by atoms with Crippen LogP contribution in [0.1, 0.15) is 44.4 Å². The Balaban J connectivity index is 1.23. The average molecular weight is 434 g/mol. The molecule has 3 aromatic rings. The van der Waals surface area contributed by atoms with Crippen molar-refractivity contribution in [3.63, 3.8) is 0 Å². The number of piperidine rings is 1. The standard InChI is InChI=1S/C25H27N3O4/c1-2-15-31-19-9-7-18(8-10-19)28-23(29)16-21(25(28)30)27-13-11-17(12-14-27)24-26-20-5-3-4-6-22(20)32-24/h3-10,17,21H,2,11-16H2,1H3/t21-/m0/s1. The molecule has 7 nitrogen and oxygen atoms in total. The van der Waals surface area contributed by atoms with E-state index in [1.54, 1.807) is 12.1 Å². The quantitative estimate of drug-likeness (QED) is 0.544. The van der Waals surface area contributed by atoms with Gasteiger partial charge in [-0.15, -0.1) is 0 Å². The van der Waals surface area contributed by atoms with Crippen LogP contribution in [0, 0.1) is 0 Å². The third kappa shape index (κ3) is 3.88. The zero-order valence-corrected chi connectivity index (χ0v) is 18.2. The fourth-order valence-electron chi connectivity index (χ4n) is 4.61. The summed E-state index contributed by atoms with van der Waals surface area (Å²) in [5, 5.41) is 0. The summed E-state index contributed by atoms with van der Waals surface area (Å²) in [6.07, 6.45) is 2.86. The van der Waals surface area contributed by atoms with Crippen LogP contribution in [0.4, 0.5) is 5.69 Å². The topological polar surface area (TPSA) is 75.9 Å². The van der Waals surface area contributed by atoms with Gasteiger partial charge in [0.25, 0.3) is 5.91 Å². The normalized spacial score (nSPS) is 20.4. The van der Waals surface area contributed by atoms with Gasteiger partial charge in [0.15, 0.2) is 11.5 Å². The molecule has 0 saturated carbocycles. The Labute approximate surface area is 187 Å². The molecule has 0 bridgehead atoms. The van der Waals surface area contributed by atoms with Crippen molar-refractivity contribution in [3.05, 3.63) is 54.4 Å². The number of rotatable bonds is 6. The van der Waals surface area contributed by atoms with Crippen LogP contribution in [0.25, 0.3) is 11.1 Å².